The van der Waals surface area contributed by atoms with Gasteiger partial charge in [0.1, 0.15) is 10.8 Å². The molecule has 8 heteroatoms. The van der Waals surface area contributed by atoms with E-state index in [0.29, 0.717) is 17.1 Å². The van der Waals surface area contributed by atoms with Gasteiger partial charge < -0.3 is 10.6 Å². The molecule has 138 valence electrons. The Kier molecular flexibility index (Phi) is 5.87. The van der Waals surface area contributed by atoms with E-state index in [4.69, 9.17) is 0 Å². The van der Waals surface area contributed by atoms with Crippen molar-refractivity contribution in [3.05, 3.63) is 69.9 Å². The van der Waals surface area contributed by atoms with Gasteiger partial charge in [-0.2, -0.15) is 0 Å². The molecule has 27 heavy (non-hydrogen) atoms. The summed E-state index contributed by atoms with van der Waals surface area (Å²) in [5, 5.41) is 14.0. The number of aryl methyl sites for hydroxylation is 2. The van der Waals surface area contributed by atoms with E-state index < -0.39 is 5.91 Å². The van der Waals surface area contributed by atoms with Gasteiger partial charge in [-0.15, -0.1) is 10.2 Å². The van der Waals surface area contributed by atoms with E-state index in [1.165, 1.54) is 24.3 Å². The van der Waals surface area contributed by atoms with Gasteiger partial charge in [0.05, 0.1) is 0 Å². The third-order valence-corrected chi connectivity index (χ3v) is 4.61. The van der Waals surface area contributed by atoms with Crippen LogP contribution < -0.4 is 10.6 Å². The van der Waals surface area contributed by atoms with Crippen LogP contribution >= 0.6 is 11.3 Å². The topological polar surface area (TPSA) is 84.0 Å². The molecule has 2 N–H and O–H groups in total. The fourth-order valence-electron chi connectivity index (χ4n) is 2.33. The van der Waals surface area contributed by atoms with Crippen LogP contribution in [0.5, 0.6) is 0 Å². The van der Waals surface area contributed by atoms with Crippen molar-refractivity contribution in [2.75, 3.05) is 10.6 Å². The lowest BCUT2D eigenvalue weighted by Gasteiger charge is -2.04. The summed E-state index contributed by atoms with van der Waals surface area (Å²) in [5.41, 5.74) is 2.28. The highest BCUT2D eigenvalue weighted by molar-refractivity contribution is 7.13. The van der Waals surface area contributed by atoms with Crippen LogP contribution in [0.2, 0.25) is 0 Å². The van der Waals surface area contributed by atoms with Crippen molar-refractivity contribution in [1.29, 1.82) is 0 Å². The zero-order valence-electron chi connectivity index (χ0n) is 14.5. The Labute approximate surface area is 159 Å². The monoisotopic (exact) mass is 384 g/mol. The maximum atomic E-state index is 12.9. The first-order chi connectivity index (χ1) is 13.0. The third-order valence-electron chi connectivity index (χ3n) is 3.63. The molecule has 1 heterocycles. The lowest BCUT2D eigenvalue weighted by Crippen LogP contribution is -2.12. The van der Waals surface area contributed by atoms with Crippen molar-refractivity contribution in [3.63, 3.8) is 0 Å². The van der Waals surface area contributed by atoms with Gasteiger partial charge >= 0.3 is 0 Å². The first kappa shape index (κ1) is 18.7. The smallest absolute Gasteiger partial charge is 0.286 e. The molecule has 0 aliphatic carbocycles. The van der Waals surface area contributed by atoms with Gasteiger partial charge in [-0.25, -0.2) is 4.39 Å². The van der Waals surface area contributed by atoms with Crippen molar-refractivity contribution >= 4 is 34.5 Å². The molecule has 3 aromatic rings. The Hall–Kier alpha value is -3.13. The Morgan fingerprint density at radius 2 is 1.81 bits per heavy atom. The fraction of sp³-hybridized carbons (Fsp3) is 0.158. The van der Waals surface area contributed by atoms with E-state index in [1.54, 1.807) is 0 Å². The minimum atomic E-state index is -0.422. The predicted molar refractivity (Wildman–Crippen MR) is 102 cm³/mol. The molecule has 0 unspecified atom stereocenters. The number of benzene rings is 2. The minimum Gasteiger partial charge on any atom is -0.326 e. The van der Waals surface area contributed by atoms with Gasteiger partial charge in [-0.05, 0) is 48.9 Å². The van der Waals surface area contributed by atoms with Crippen LogP contribution in [0.15, 0.2) is 48.5 Å². The van der Waals surface area contributed by atoms with E-state index >= 15 is 0 Å². The number of halogens is 1. The predicted octanol–water partition coefficient (Wildman–Crippen LogP) is 3.81. The number of anilines is 2. The second-order valence-electron chi connectivity index (χ2n) is 5.88. The van der Waals surface area contributed by atoms with Gasteiger partial charge in [0, 0.05) is 24.2 Å². The molecule has 0 atom stereocenters. The number of nitrogens with one attached hydrogen (secondary N) is 2. The molecule has 0 spiro atoms. The molecular formula is C19H17FN4O2S. The number of nitrogens with zero attached hydrogens (tertiary/aromatic N) is 2. The highest BCUT2D eigenvalue weighted by Crippen LogP contribution is 2.16. The summed E-state index contributed by atoms with van der Waals surface area (Å²) in [6.45, 7) is 1.95. The van der Waals surface area contributed by atoms with E-state index in [2.05, 4.69) is 20.8 Å². The quantitative estimate of drug-likeness (QED) is 0.677. The highest BCUT2D eigenvalue weighted by Gasteiger charge is 2.14. The molecule has 0 saturated carbocycles. The first-order valence-electron chi connectivity index (χ1n) is 8.25. The number of hydrogen-bond donors (Lipinski definition) is 2. The van der Waals surface area contributed by atoms with Gasteiger partial charge in [-0.1, -0.05) is 23.5 Å². The SMILES string of the molecule is Cc1cccc(NC(=O)CCc2nnc(C(=O)Nc3ccc(F)cc3)s2)c1. The molecule has 2 aromatic carbocycles. The molecule has 0 fully saturated rings. The van der Waals surface area contributed by atoms with Crippen LogP contribution in [-0.4, -0.2) is 22.0 Å². The molecule has 2 amide bonds. The molecule has 1 aromatic heterocycles. The van der Waals surface area contributed by atoms with E-state index in [9.17, 15) is 14.0 Å². The molecule has 0 saturated heterocycles. The number of rotatable bonds is 6. The molecule has 0 radical (unpaired) electrons. The third kappa shape index (κ3) is 5.42. The minimum absolute atomic E-state index is 0.131. The number of carbonyl (C=O) groups is 2. The van der Waals surface area contributed by atoms with Crippen LogP contribution in [0.1, 0.15) is 26.8 Å². The molecule has 0 aliphatic heterocycles. The fourth-order valence-corrected chi connectivity index (χ4v) is 3.07. The van der Waals surface area contributed by atoms with E-state index in [-0.39, 0.29) is 23.2 Å². The Morgan fingerprint density at radius 3 is 2.56 bits per heavy atom. The standard InChI is InChI=1S/C19H17FN4O2S/c1-12-3-2-4-15(11-12)21-16(25)9-10-17-23-24-19(27-17)18(26)22-14-7-5-13(20)6-8-14/h2-8,11H,9-10H2,1H3,(H,21,25)(H,22,26). The summed E-state index contributed by atoms with van der Waals surface area (Å²) < 4.78 is 12.9. The maximum Gasteiger partial charge on any atom is 0.286 e. The summed E-state index contributed by atoms with van der Waals surface area (Å²) >= 11 is 1.13. The maximum absolute atomic E-state index is 12.9. The second-order valence-corrected chi connectivity index (χ2v) is 6.94. The zero-order chi connectivity index (χ0) is 19.2. The van der Waals surface area contributed by atoms with Gasteiger partial charge in [0.25, 0.3) is 5.91 Å². The van der Waals surface area contributed by atoms with Crippen molar-refractivity contribution in [2.45, 2.75) is 19.8 Å². The summed E-state index contributed by atoms with van der Waals surface area (Å²) in [4.78, 5) is 24.2. The molecule has 6 nitrogen and oxygen atoms in total. The van der Waals surface area contributed by atoms with Crippen molar-refractivity contribution in [2.24, 2.45) is 0 Å². The average Bonchev–Trinajstić information content (AvgIpc) is 3.11. The Bertz CT molecular complexity index is 956. The van der Waals surface area contributed by atoms with Crippen molar-refractivity contribution in [1.82, 2.24) is 10.2 Å². The van der Waals surface area contributed by atoms with Crippen molar-refractivity contribution in [3.8, 4) is 0 Å². The van der Waals surface area contributed by atoms with Crippen LogP contribution in [0.25, 0.3) is 0 Å². The Balaban J connectivity index is 1.52. The van der Waals surface area contributed by atoms with Crippen LogP contribution in [0, 0.1) is 12.7 Å². The molecule has 3 rings (SSSR count). The van der Waals surface area contributed by atoms with Crippen LogP contribution in [-0.2, 0) is 11.2 Å². The van der Waals surface area contributed by atoms with Gasteiger partial charge in [-0.3, -0.25) is 9.59 Å². The molecule has 0 bridgehead atoms. The number of amides is 2. The first-order valence-corrected chi connectivity index (χ1v) is 9.07. The molecule has 0 aliphatic rings. The number of hydrogen-bond acceptors (Lipinski definition) is 5. The van der Waals surface area contributed by atoms with Crippen LogP contribution in [0.3, 0.4) is 0 Å². The van der Waals surface area contributed by atoms with Gasteiger partial charge in [0.2, 0.25) is 10.9 Å². The molecular weight excluding hydrogens is 367 g/mol. The van der Waals surface area contributed by atoms with Crippen molar-refractivity contribution < 1.29 is 14.0 Å². The second kappa shape index (κ2) is 8.50. The number of carbonyl (C=O) groups excluding carboxylic acids is 2. The summed E-state index contributed by atoms with van der Waals surface area (Å²) in [7, 11) is 0. The summed E-state index contributed by atoms with van der Waals surface area (Å²) in [5.74, 6) is -0.933. The zero-order valence-corrected chi connectivity index (χ0v) is 15.3. The summed E-state index contributed by atoms with van der Waals surface area (Å²) in [6, 6.07) is 13.0. The van der Waals surface area contributed by atoms with E-state index in [1.807, 2.05) is 31.2 Å². The summed E-state index contributed by atoms with van der Waals surface area (Å²) in [6.07, 6.45) is 0.626. The van der Waals surface area contributed by atoms with Crippen LogP contribution in [0.4, 0.5) is 15.8 Å². The van der Waals surface area contributed by atoms with Gasteiger partial charge in [0.15, 0.2) is 0 Å². The lowest BCUT2D eigenvalue weighted by atomic mass is 10.2. The lowest BCUT2D eigenvalue weighted by molar-refractivity contribution is -0.116. The number of aromatic nitrogens is 2. The van der Waals surface area contributed by atoms with E-state index in [0.717, 1.165) is 22.6 Å². The average molecular weight is 384 g/mol. The largest absolute Gasteiger partial charge is 0.326 e. The Morgan fingerprint density at radius 1 is 1.04 bits per heavy atom. The highest BCUT2D eigenvalue weighted by atomic mass is 32.1. The normalized spacial score (nSPS) is 10.4.